The van der Waals surface area contributed by atoms with Crippen molar-refractivity contribution in [3.8, 4) is 0 Å². The molecule has 0 saturated heterocycles. The van der Waals surface area contributed by atoms with Crippen molar-refractivity contribution in [3.05, 3.63) is 35.7 Å². The summed E-state index contributed by atoms with van der Waals surface area (Å²) in [6.45, 7) is 0. The largest absolute Gasteiger partial charge is 0.248 e. The standard InChI is InChI=1S/C9H8BrF2N/c10-4-2-1-3-7-5-8(11)9(12)13-6-7/h1,3,5-6H,2,4H2. The van der Waals surface area contributed by atoms with Gasteiger partial charge in [-0.25, -0.2) is 9.37 Å². The van der Waals surface area contributed by atoms with Crippen molar-refractivity contribution in [2.45, 2.75) is 6.42 Å². The number of halogens is 3. The molecule has 1 aromatic heterocycles. The van der Waals surface area contributed by atoms with Crippen LogP contribution in [0, 0.1) is 11.8 Å². The van der Waals surface area contributed by atoms with Gasteiger partial charge >= 0.3 is 0 Å². The van der Waals surface area contributed by atoms with Crippen LogP contribution < -0.4 is 0 Å². The molecule has 1 heterocycles. The average molecular weight is 248 g/mol. The van der Waals surface area contributed by atoms with Gasteiger partial charge in [-0.05, 0) is 18.1 Å². The van der Waals surface area contributed by atoms with E-state index in [1.54, 1.807) is 6.08 Å². The zero-order valence-corrected chi connectivity index (χ0v) is 8.39. The number of aromatic nitrogens is 1. The summed E-state index contributed by atoms with van der Waals surface area (Å²) in [4.78, 5) is 3.25. The van der Waals surface area contributed by atoms with E-state index in [1.807, 2.05) is 6.08 Å². The second-order valence-electron chi connectivity index (χ2n) is 2.42. The van der Waals surface area contributed by atoms with Crippen molar-refractivity contribution in [1.29, 1.82) is 0 Å². The maximum Gasteiger partial charge on any atom is 0.248 e. The maximum absolute atomic E-state index is 12.6. The number of alkyl halides is 1. The van der Waals surface area contributed by atoms with E-state index in [2.05, 4.69) is 20.9 Å². The van der Waals surface area contributed by atoms with Gasteiger partial charge in [0.1, 0.15) is 0 Å². The summed E-state index contributed by atoms with van der Waals surface area (Å²) in [5, 5.41) is 0.848. The molecule has 0 spiro atoms. The molecule has 0 radical (unpaired) electrons. The van der Waals surface area contributed by atoms with Crippen molar-refractivity contribution in [1.82, 2.24) is 4.98 Å². The third-order valence-corrected chi connectivity index (χ3v) is 1.86. The summed E-state index contributed by atoms with van der Waals surface area (Å²) in [5.41, 5.74) is 0.569. The summed E-state index contributed by atoms with van der Waals surface area (Å²) in [6.07, 6.45) is 5.71. The fourth-order valence-corrected chi connectivity index (χ4v) is 1.07. The molecular formula is C9H8BrF2N. The average Bonchev–Trinajstić information content (AvgIpc) is 2.12. The molecule has 0 saturated carbocycles. The van der Waals surface area contributed by atoms with Gasteiger partial charge < -0.3 is 0 Å². The Kier molecular flexibility index (Phi) is 4.02. The fraction of sp³-hybridized carbons (Fsp3) is 0.222. The predicted molar refractivity (Wildman–Crippen MR) is 51.6 cm³/mol. The van der Waals surface area contributed by atoms with E-state index in [9.17, 15) is 8.78 Å². The molecule has 0 aliphatic rings. The van der Waals surface area contributed by atoms with Gasteiger partial charge in [-0.15, -0.1) is 0 Å². The van der Waals surface area contributed by atoms with E-state index < -0.39 is 11.8 Å². The Hall–Kier alpha value is -0.770. The molecule has 0 atom stereocenters. The van der Waals surface area contributed by atoms with Crippen molar-refractivity contribution >= 4 is 22.0 Å². The van der Waals surface area contributed by atoms with Crippen LogP contribution in [-0.4, -0.2) is 10.3 Å². The normalized spacial score (nSPS) is 11.0. The third kappa shape index (κ3) is 3.22. The zero-order valence-electron chi connectivity index (χ0n) is 6.80. The van der Waals surface area contributed by atoms with E-state index in [0.29, 0.717) is 5.56 Å². The van der Waals surface area contributed by atoms with Crippen molar-refractivity contribution in [3.63, 3.8) is 0 Å². The number of rotatable bonds is 3. The number of pyridine rings is 1. The Labute approximate surface area is 83.6 Å². The maximum atomic E-state index is 12.6. The first-order chi connectivity index (χ1) is 6.24. The first-order valence-corrected chi connectivity index (χ1v) is 4.89. The molecule has 0 unspecified atom stereocenters. The highest BCUT2D eigenvalue weighted by molar-refractivity contribution is 9.09. The fourth-order valence-electron chi connectivity index (χ4n) is 0.810. The molecule has 0 aliphatic carbocycles. The van der Waals surface area contributed by atoms with Crippen LogP contribution in [0.25, 0.3) is 6.08 Å². The molecule has 13 heavy (non-hydrogen) atoms. The molecule has 4 heteroatoms. The second kappa shape index (κ2) is 5.07. The van der Waals surface area contributed by atoms with Gasteiger partial charge in [0, 0.05) is 11.5 Å². The molecule has 0 bridgehead atoms. The molecular weight excluding hydrogens is 240 g/mol. The number of hydrogen-bond donors (Lipinski definition) is 0. The highest BCUT2D eigenvalue weighted by atomic mass is 79.9. The van der Waals surface area contributed by atoms with Crippen LogP contribution in [0.5, 0.6) is 0 Å². The highest BCUT2D eigenvalue weighted by Gasteiger charge is 2.00. The SMILES string of the molecule is Fc1cc(C=CCCBr)cnc1F. The van der Waals surface area contributed by atoms with Crippen LogP contribution in [0.2, 0.25) is 0 Å². The number of allylic oxidation sites excluding steroid dienone is 1. The van der Waals surface area contributed by atoms with Gasteiger partial charge in [-0.2, -0.15) is 4.39 Å². The second-order valence-corrected chi connectivity index (χ2v) is 3.21. The minimum absolute atomic E-state index is 0.569. The molecule has 0 aromatic carbocycles. The molecule has 0 N–H and O–H groups in total. The summed E-state index contributed by atoms with van der Waals surface area (Å²) in [7, 11) is 0. The summed E-state index contributed by atoms with van der Waals surface area (Å²) >= 11 is 3.25. The molecule has 70 valence electrons. The van der Waals surface area contributed by atoms with Gasteiger partial charge in [0.15, 0.2) is 5.82 Å². The van der Waals surface area contributed by atoms with Gasteiger partial charge in [0.05, 0.1) is 0 Å². The van der Waals surface area contributed by atoms with Crippen LogP contribution in [0.4, 0.5) is 8.78 Å². The smallest absolute Gasteiger partial charge is 0.225 e. The van der Waals surface area contributed by atoms with E-state index in [-0.39, 0.29) is 0 Å². The van der Waals surface area contributed by atoms with E-state index in [4.69, 9.17) is 0 Å². The van der Waals surface area contributed by atoms with Crippen LogP contribution in [0.1, 0.15) is 12.0 Å². The van der Waals surface area contributed by atoms with Crippen LogP contribution in [0.3, 0.4) is 0 Å². The van der Waals surface area contributed by atoms with E-state index in [0.717, 1.165) is 17.8 Å². The Balaban J connectivity index is 2.73. The summed E-state index contributed by atoms with van der Waals surface area (Å²) < 4.78 is 25.0. The monoisotopic (exact) mass is 247 g/mol. The van der Waals surface area contributed by atoms with Gasteiger partial charge in [0.2, 0.25) is 5.95 Å². The van der Waals surface area contributed by atoms with Crippen molar-refractivity contribution < 1.29 is 8.78 Å². The third-order valence-electron chi connectivity index (χ3n) is 1.40. The Morgan fingerprint density at radius 1 is 1.46 bits per heavy atom. The number of nitrogens with zero attached hydrogens (tertiary/aromatic N) is 1. The lowest BCUT2D eigenvalue weighted by Crippen LogP contribution is -1.89. The minimum atomic E-state index is -1.06. The van der Waals surface area contributed by atoms with Crippen LogP contribution in [0.15, 0.2) is 18.3 Å². The first kappa shape index (κ1) is 10.3. The molecule has 1 aromatic rings. The molecule has 0 fully saturated rings. The highest BCUT2D eigenvalue weighted by Crippen LogP contribution is 2.07. The first-order valence-electron chi connectivity index (χ1n) is 3.77. The van der Waals surface area contributed by atoms with Crippen LogP contribution in [-0.2, 0) is 0 Å². The van der Waals surface area contributed by atoms with E-state index >= 15 is 0 Å². The van der Waals surface area contributed by atoms with Crippen molar-refractivity contribution in [2.75, 3.05) is 5.33 Å². The van der Waals surface area contributed by atoms with Crippen LogP contribution >= 0.6 is 15.9 Å². The van der Waals surface area contributed by atoms with Gasteiger partial charge in [0.25, 0.3) is 0 Å². The minimum Gasteiger partial charge on any atom is -0.225 e. The lowest BCUT2D eigenvalue weighted by atomic mass is 10.2. The van der Waals surface area contributed by atoms with Gasteiger partial charge in [-0.3, -0.25) is 0 Å². The molecule has 0 aliphatic heterocycles. The lowest BCUT2D eigenvalue weighted by Gasteiger charge is -1.93. The summed E-state index contributed by atoms with van der Waals surface area (Å²) in [5.74, 6) is -1.97. The Bertz CT molecular complexity index is 312. The Morgan fingerprint density at radius 3 is 2.85 bits per heavy atom. The lowest BCUT2D eigenvalue weighted by molar-refractivity contribution is 0.479. The quantitative estimate of drug-likeness (QED) is 0.591. The molecule has 1 nitrogen and oxygen atoms in total. The van der Waals surface area contributed by atoms with Gasteiger partial charge in [-0.1, -0.05) is 28.1 Å². The molecule has 0 amide bonds. The topological polar surface area (TPSA) is 12.9 Å². The van der Waals surface area contributed by atoms with E-state index in [1.165, 1.54) is 6.20 Å². The molecule has 1 rings (SSSR count). The van der Waals surface area contributed by atoms with Crippen molar-refractivity contribution in [2.24, 2.45) is 0 Å². The zero-order chi connectivity index (χ0) is 9.68. The summed E-state index contributed by atoms with van der Waals surface area (Å²) in [6, 6.07) is 1.12. The number of hydrogen-bond acceptors (Lipinski definition) is 1. The predicted octanol–water partition coefficient (Wildman–Crippen LogP) is 3.16. The Morgan fingerprint density at radius 2 is 2.23 bits per heavy atom.